The van der Waals surface area contributed by atoms with Gasteiger partial charge in [-0.15, -0.1) is 0 Å². The minimum Gasteiger partial charge on any atom is -0.508 e. The quantitative estimate of drug-likeness (QED) is 0.201. The number of aromatic nitrogens is 2. The molecule has 43 heavy (non-hydrogen) atoms. The lowest BCUT2D eigenvalue weighted by atomic mass is 9.87. The fourth-order valence-corrected chi connectivity index (χ4v) is 4.87. The number of nitrogens with zero attached hydrogens (tertiary/aromatic N) is 3. The van der Waals surface area contributed by atoms with Crippen LogP contribution in [0.3, 0.4) is 0 Å². The lowest BCUT2D eigenvalue weighted by molar-refractivity contribution is -0.131. The van der Waals surface area contributed by atoms with Gasteiger partial charge < -0.3 is 15.7 Å². The third kappa shape index (κ3) is 8.55. The summed E-state index contributed by atoms with van der Waals surface area (Å²) in [5.41, 5.74) is 13.2. The van der Waals surface area contributed by atoms with Crippen molar-refractivity contribution in [1.82, 2.24) is 15.1 Å². The molecule has 1 heterocycles. The summed E-state index contributed by atoms with van der Waals surface area (Å²) in [6, 6.07) is 24.6. The van der Waals surface area contributed by atoms with Crippen LogP contribution in [0.1, 0.15) is 56.9 Å². The summed E-state index contributed by atoms with van der Waals surface area (Å²) in [5.74, 6) is -0.689. The van der Waals surface area contributed by atoms with Crippen LogP contribution in [0.4, 0.5) is 5.69 Å². The third-order valence-corrected chi connectivity index (χ3v) is 7.50. The van der Waals surface area contributed by atoms with Gasteiger partial charge in [0.1, 0.15) is 5.75 Å². The summed E-state index contributed by atoms with van der Waals surface area (Å²) in [6.07, 6.45) is 2.60. The summed E-state index contributed by atoms with van der Waals surface area (Å²) in [6.45, 7) is 6.60. The number of aryl methyl sites for hydroxylation is 1. The number of aromatic hydroxyl groups is 1. The largest absolute Gasteiger partial charge is 0.508 e. The van der Waals surface area contributed by atoms with Gasteiger partial charge in [0, 0.05) is 37.5 Å². The Morgan fingerprint density at radius 3 is 2.33 bits per heavy atom. The number of rotatable bonds is 11. The maximum absolute atomic E-state index is 12.5. The van der Waals surface area contributed by atoms with Crippen molar-refractivity contribution in [3.8, 4) is 22.7 Å². The number of benzene rings is 3. The van der Waals surface area contributed by atoms with E-state index in [1.807, 2.05) is 24.8 Å². The molecule has 4 N–H and O–H groups in total. The monoisotopic (exact) mass is 581 g/mol. The highest BCUT2D eigenvalue weighted by Gasteiger charge is 2.18. The van der Waals surface area contributed by atoms with E-state index in [-0.39, 0.29) is 29.9 Å². The lowest BCUT2D eigenvalue weighted by Gasteiger charge is -2.19. The summed E-state index contributed by atoms with van der Waals surface area (Å²) in [7, 11) is 4.04. The molecule has 1 atom stereocenters. The Bertz CT molecular complexity index is 1530. The number of amides is 2. The van der Waals surface area contributed by atoms with Crippen LogP contribution in [0.2, 0.25) is 0 Å². The second-order valence-electron chi connectivity index (χ2n) is 12.3. The first-order chi connectivity index (χ1) is 20.4. The molecule has 0 saturated carbocycles. The molecule has 8 heteroatoms. The number of anilines is 1. The molecule has 0 radical (unpaired) electrons. The van der Waals surface area contributed by atoms with Gasteiger partial charge in [-0.25, -0.2) is 4.68 Å². The smallest absolute Gasteiger partial charge is 0.243 e. The summed E-state index contributed by atoms with van der Waals surface area (Å²) >= 11 is 0. The van der Waals surface area contributed by atoms with Gasteiger partial charge in [0.2, 0.25) is 11.8 Å². The molecular formula is C35H43N5O3. The Balaban J connectivity index is 1.41. The SMILES string of the molecule is CN(C)c1cccc(-c2cc(CCCCC(=O)NC(=O)[C@@H](N)Cc3ccc(O)cc3)n(-c3ccc(C(C)(C)C)cc3)n2)c1. The van der Waals surface area contributed by atoms with Gasteiger partial charge in [0.05, 0.1) is 17.4 Å². The maximum Gasteiger partial charge on any atom is 0.243 e. The number of carbonyl (C=O) groups excluding carboxylic acids is 2. The predicted octanol–water partition coefficient (Wildman–Crippen LogP) is 5.53. The van der Waals surface area contributed by atoms with Crippen molar-refractivity contribution in [3.63, 3.8) is 0 Å². The summed E-state index contributed by atoms with van der Waals surface area (Å²) < 4.78 is 2.00. The van der Waals surface area contributed by atoms with Crippen molar-refractivity contribution >= 4 is 17.5 Å². The van der Waals surface area contributed by atoms with Gasteiger partial charge in [-0.05, 0) is 84.7 Å². The first-order valence-electron chi connectivity index (χ1n) is 14.8. The van der Waals surface area contributed by atoms with Crippen molar-refractivity contribution in [3.05, 3.63) is 95.7 Å². The summed E-state index contributed by atoms with van der Waals surface area (Å²) in [4.78, 5) is 27.0. The van der Waals surface area contributed by atoms with Crippen LogP contribution < -0.4 is 16.0 Å². The predicted molar refractivity (Wildman–Crippen MR) is 173 cm³/mol. The number of phenolic OH excluding ortho intramolecular Hbond substituents is 1. The van der Waals surface area contributed by atoms with Gasteiger partial charge in [0.15, 0.2) is 0 Å². The molecule has 2 amide bonds. The molecule has 8 nitrogen and oxygen atoms in total. The van der Waals surface area contributed by atoms with Crippen LogP contribution in [0.5, 0.6) is 5.75 Å². The highest BCUT2D eigenvalue weighted by molar-refractivity contribution is 5.97. The second kappa shape index (κ2) is 13.7. The number of imide groups is 1. The van der Waals surface area contributed by atoms with Crippen molar-refractivity contribution in [2.45, 2.75) is 64.3 Å². The Hall–Kier alpha value is -4.43. The van der Waals surface area contributed by atoms with E-state index < -0.39 is 11.9 Å². The molecule has 0 spiro atoms. The third-order valence-electron chi connectivity index (χ3n) is 7.50. The number of carbonyl (C=O) groups is 2. The van der Waals surface area contributed by atoms with Crippen LogP contribution >= 0.6 is 0 Å². The first-order valence-corrected chi connectivity index (χ1v) is 14.8. The Morgan fingerprint density at radius 2 is 1.67 bits per heavy atom. The van der Waals surface area contributed by atoms with Crippen LogP contribution in [0.25, 0.3) is 16.9 Å². The number of hydrogen-bond donors (Lipinski definition) is 3. The molecule has 4 rings (SSSR count). The number of unbranched alkanes of at least 4 members (excludes halogenated alkanes) is 1. The topological polar surface area (TPSA) is 113 Å². The molecule has 0 aliphatic carbocycles. The Morgan fingerprint density at radius 1 is 0.977 bits per heavy atom. The van der Waals surface area contributed by atoms with E-state index >= 15 is 0 Å². The zero-order chi connectivity index (χ0) is 31.1. The van der Waals surface area contributed by atoms with Crippen molar-refractivity contribution in [2.75, 3.05) is 19.0 Å². The molecule has 3 aromatic carbocycles. The average Bonchev–Trinajstić information content (AvgIpc) is 3.40. The molecule has 226 valence electrons. The van der Waals surface area contributed by atoms with Gasteiger partial charge in [0.25, 0.3) is 0 Å². The van der Waals surface area contributed by atoms with Crippen LogP contribution in [0, 0.1) is 0 Å². The first kappa shape index (κ1) is 31.5. The van der Waals surface area contributed by atoms with Gasteiger partial charge >= 0.3 is 0 Å². The highest BCUT2D eigenvalue weighted by Crippen LogP contribution is 2.28. The summed E-state index contributed by atoms with van der Waals surface area (Å²) in [5, 5.41) is 16.9. The number of hydrogen-bond acceptors (Lipinski definition) is 6. The van der Waals surface area contributed by atoms with E-state index in [2.05, 4.69) is 79.5 Å². The van der Waals surface area contributed by atoms with E-state index in [0.717, 1.165) is 46.7 Å². The standard InChI is InChI=1S/C35H43N5O3/c1-35(2,3)26-15-17-27(18-16-26)40-29(23-32(38-40)25-9-8-11-28(22-25)39(4)5)10-6-7-12-33(42)37-34(43)31(36)21-24-13-19-30(41)20-14-24/h8-9,11,13-20,22-23,31,41H,6-7,10,12,21,36H2,1-5H3,(H,37,42,43)/t31-/m0/s1. The van der Waals surface area contributed by atoms with E-state index in [1.165, 1.54) is 5.56 Å². The fourth-order valence-electron chi connectivity index (χ4n) is 4.87. The van der Waals surface area contributed by atoms with Crippen molar-refractivity contribution in [1.29, 1.82) is 0 Å². The second-order valence-corrected chi connectivity index (χ2v) is 12.3. The normalized spacial score (nSPS) is 12.1. The molecule has 0 unspecified atom stereocenters. The number of nitrogens with two attached hydrogens (primary N) is 1. The van der Waals surface area contributed by atoms with Gasteiger partial charge in [-0.2, -0.15) is 5.10 Å². The molecule has 1 aromatic heterocycles. The van der Waals surface area contributed by atoms with Crippen LogP contribution in [0.15, 0.2) is 78.9 Å². The van der Waals surface area contributed by atoms with Crippen molar-refractivity contribution in [2.24, 2.45) is 5.73 Å². The number of nitrogens with one attached hydrogen (secondary N) is 1. The van der Waals surface area contributed by atoms with E-state index in [4.69, 9.17) is 10.8 Å². The Kier molecular flexibility index (Phi) is 10.0. The van der Waals surface area contributed by atoms with E-state index in [0.29, 0.717) is 6.42 Å². The highest BCUT2D eigenvalue weighted by atomic mass is 16.3. The molecular weight excluding hydrogens is 538 g/mol. The molecule has 0 fully saturated rings. The zero-order valence-corrected chi connectivity index (χ0v) is 25.8. The lowest BCUT2D eigenvalue weighted by Crippen LogP contribution is -2.44. The van der Waals surface area contributed by atoms with Crippen LogP contribution in [-0.2, 0) is 27.8 Å². The molecule has 0 aliphatic heterocycles. The van der Waals surface area contributed by atoms with Crippen molar-refractivity contribution < 1.29 is 14.7 Å². The van der Waals surface area contributed by atoms with E-state index in [9.17, 15) is 14.7 Å². The minimum atomic E-state index is -0.850. The Labute approximate surface area is 254 Å². The number of phenols is 1. The van der Waals surface area contributed by atoms with Gasteiger partial charge in [-0.3, -0.25) is 14.9 Å². The fraction of sp³-hybridized carbons (Fsp3) is 0.343. The van der Waals surface area contributed by atoms with Crippen LogP contribution in [-0.4, -0.2) is 46.8 Å². The van der Waals surface area contributed by atoms with Gasteiger partial charge in [-0.1, -0.05) is 57.2 Å². The molecule has 0 aliphatic rings. The average molecular weight is 582 g/mol. The maximum atomic E-state index is 12.5. The van der Waals surface area contributed by atoms with E-state index in [1.54, 1.807) is 24.3 Å². The molecule has 0 saturated heterocycles. The zero-order valence-electron chi connectivity index (χ0n) is 25.8. The molecule has 4 aromatic rings. The minimum absolute atomic E-state index is 0.0562. The molecule has 0 bridgehead atoms.